The van der Waals surface area contributed by atoms with E-state index in [9.17, 15) is 22.8 Å². The smallest absolute Gasteiger partial charge is 0.336 e. The van der Waals surface area contributed by atoms with Crippen LogP contribution in [0.1, 0.15) is 47.8 Å². The van der Waals surface area contributed by atoms with Gasteiger partial charge in [0.05, 0.1) is 25.8 Å². The van der Waals surface area contributed by atoms with E-state index in [2.05, 4.69) is 10.6 Å². The summed E-state index contributed by atoms with van der Waals surface area (Å²) in [6.45, 7) is 5.37. The zero-order valence-electron chi connectivity index (χ0n) is 22.7. The van der Waals surface area contributed by atoms with Gasteiger partial charge in [-0.2, -0.15) is 0 Å². The summed E-state index contributed by atoms with van der Waals surface area (Å²) >= 11 is 0. The number of carbonyl (C=O) groups excluding carboxylic acids is 3. The fraction of sp³-hybridized carbons (Fsp3) is 0.276. The number of hydrogen-bond donors (Lipinski definition) is 2. The van der Waals surface area contributed by atoms with Gasteiger partial charge >= 0.3 is 12.0 Å². The third-order valence-corrected chi connectivity index (χ3v) is 7.78. The Morgan fingerprint density at radius 1 is 0.925 bits per heavy atom. The summed E-state index contributed by atoms with van der Waals surface area (Å²) in [6, 6.07) is 17.2. The monoisotopic (exact) mass is 565 g/mol. The highest BCUT2D eigenvalue weighted by Crippen LogP contribution is 2.32. The van der Waals surface area contributed by atoms with Crippen LogP contribution in [-0.4, -0.2) is 43.3 Å². The Bertz CT molecular complexity index is 1530. The van der Waals surface area contributed by atoms with Crippen LogP contribution >= 0.6 is 0 Å². The van der Waals surface area contributed by atoms with E-state index in [-0.39, 0.29) is 41.6 Å². The van der Waals surface area contributed by atoms with E-state index in [1.165, 1.54) is 18.2 Å². The fourth-order valence-corrected chi connectivity index (χ4v) is 5.54. The second-order valence-corrected chi connectivity index (χ2v) is 12.1. The highest BCUT2D eigenvalue weighted by molar-refractivity contribution is 7.90. The number of urea groups is 1. The molecule has 40 heavy (non-hydrogen) atoms. The largest absolute Gasteiger partial charge is 0.497 e. The maximum atomic E-state index is 13.4. The maximum absolute atomic E-state index is 13.4. The maximum Gasteiger partial charge on any atom is 0.336 e. The molecule has 210 valence electrons. The Hall–Kier alpha value is -4.38. The molecular weight excluding hydrogens is 534 g/mol. The summed E-state index contributed by atoms with van der Waals surface area (Å²) < 4.78 is 38.1. The van der Waals surface area contributed by atoms with Crippen LogP contribution in [0.4, 0.5) is 10.5 Å². The van der Waals surface area contributed by atoms with Crippen LogP contribution in [0, 0.1) is 0 Å². The van der Waals surface area contributed by atoms with Gasteiger partial charge in [-0.3, -0.25) is 9.59 Å². The first-order valence-electron chi connectivity index (χ1n) is 12.5. The van der Waals surface area contributed by atoms with E-state index < -0.39 is 27.6 Å². The highest BCUT2D eigenvalue weighted by Gasteiger charge is 2.37. The fourth-order valence-electron chi connectivity index (χ4n) is 4.04. The Morgan fingerprint density at radius 2 is 1.55 bits per heavy atom. The quantitative estimate of drug-likeness (QED) is 0.391. The van der Waals surface area contributed by atoms with Gasteiger partial charge in [-0.15, -0.1) is 0 Å². The molecule has 3 aromatic carbocycles. The minimum absolute atomic E-state index is 0.0662. The van der Waals surface area contributed by atoms with Gasteiger partial charge in [0.25, 0.3) is 15.9 Å². The van der Waals surface area contributed by atoms with Gasteiger partial charge in [0.2, 0.25) is 0 Å². The van der Waals surface area contributed by atoms with E-state index in [1.807, 2.05) is 12.1 Å². The topological polar surface area (TPSA) is 131 Å². The minimum atomic E-state index is -4.26. The van der Waals surface area contributed by atoms with Gasteiger partial charge in [-0.05, 0) is 67.8 Å². The van der Waals surface area contributed by atoms with Crippen molar-refractivity contribution in [1.82, 2.24) is 9.62 Å². The summed E-state index contributed by atoms with van der Waals surface area (Å²) in [7, 11) is -2.69. The highest BCUT2D eigenvalue weighted by atomic mass is 32.2. The molecule has 0 atom stereocenters. The van der Waals surface area contributed by atoms with Crippen molar-refractivity contribution >= 4 is 33.6 Å². The third kappa shape index (κ3) is 6.78. The van der Waals surface area contributed by atoms with Crippen molar-refractivity contribution in [1.29, 1.82) is 0 Å². The summed E-state index contributed by atoms with van der Waals surface area (Å²) in [6.07, 6.45) is 0.0662. The summed E-state index contributed by atoms with van der Waals surface area (Å²) in [5, 5.41) is 5.35. The predicted octanol–water partition coefficient (Wildman–Crippen LogP) is 4.25. The number of amides is 3. The SMILES string of the molecule is COc1ccc(CNC(=O)c2ccc3c(c2)S(=O)(=O)N(Cc2ccc(CC(=O)OC(C)(C)C)cc2)C(=O)N3)cc1. The molecule has 0 fully saturated rings. The van der Waals surface area contributed by atoms with Crippen LogP contribution in [0.5, 0.6) is 5.75 Å². The minimum Gasteiger partial charge on any atom is -0.497 e. The lowest BCUT2D eigenvalue weighted by Gasteiger charge is -2.29. The number of carbonyl (C=O) groups is 3. The van der Waals surface area contributed by atoms with E-state index in [4.69, 9.17) is 9.47 Å². The molecule has 2 N–H and O–H groups in total. The van der Waals surface area contributed by atoms with Gasteiger partial charge in [-0.1, -0.05) is 36.4 Å². The second-order valence-electron chi connectivity index (χ2n) is 10.3. The average Bonchev–Trinajstić information content (AvgIpc) is 2.89. The molecule has 0 spiro atoms. The zero-order valence-corrected chi connectivity index (χ0v) is 23.5. The van der Waals surface area contributed by atoms with Crippen LogP contribution < -0.4 is 15.4 Å². The lowest BCUT2D eigenvalue weighted by Crippen LogP contribution is -2.43. The number of nitrogens with one attached hydrogen (secondary N) is 2. The molecule has 10 nitrogen and oxygen atoms in total. The Kier molecular flexibility index (Phi) is 8.15. The van der Waals surface area contributed by atoms with Crippen LogP contribution in [0.25, 0.3) is 0 Å². The molecule has 1 heterocycles. The van der Waals surface area contributed by atoms with Crippen molar-refractivity contribution in [2.24, 2.45) is 0 Å². The van der Waals surface area contributed by atoms with E-state index in [0.29, 0.717) is 16.9 Å². The number of benzene rings is 3. The molecule has 1 aliphatic heterocycles. The lowest BCUT2D eigenvalue weighted by atomic mass is 10.1. The Balaban J connectivity index is 1.46. The van der Waals surface area contributed by atoms with Crippen molar-refractivity contribution in [2.75, 3.05) is 12.4 Å². The number of hydrogen-bond acceptors (Lipinski definition) is 7. The van der Waals surface area contributed by atoms with Gasteiger partial charge in [0.15, 0.2) is 0 Å². The molecule has 0 saturated heterocycles. The zero-order chi connectivity index (χ0) is 29.1. The molecule has 0 radical (unpaired) electrons. The Labute approximate surface area is 233 Å². The van der Waals surface area contributed by atoms with Crippen molar-refractivity contribution < 1.29 is 32.3 Å². The van der Waals surface area contributed by atoms with Crippen molar-refractivity contribution in [2.45, 2.75) is 50.8 Å². The lowest BCUT2D eigenvalue weighted by molar-refractivity contribution is -0.153. The first-order chi connectivity index (χ1) is 18.9. The van der Waals surface area contributed by atoms with Crippen LogP contribution in [0.15, 0.2) is 71.6 Å². The number of nitrogens with zero attached hydrogens (tertiary/aromatic N) is 1. The second kappa shape index (κ2) is 11.4. The molecule has 0 aliphatic carbocycles. The molecule has 0 aromatic heterocycles. The number of anilines is 1. The number of rotatable bonds is 8. The molecule has 0 bridgehead atoms. The molecule has 3 amide bonds. The summed E-state index contributed by atoms with van der Waals surface area (Å²) in [4.78, 5) is 37.4. The third-order valence-electron chi connectivity index (χ3n) is 6.01. The molecular formula is C29H31N3O7S. The van der Waals surface area contributed by atoms with Crippen LogP contribution in [0.2, 0.25) is 0 Å². The molecule has 4 rings (SSSR count). The Morgan fingerprint density at radius 3 is 2.17 bits per heavy atom. The molecule has 3 aromatic rings. The van der Waals surface area contributed by atoms with Gasteiger partial charge in [0.1, 0.15) is 16.2 Å². The number of sulfonamides is 1. The van der Waals surface area contributed by atoms with Crippen LogP contribution in [0.3, 0.4) is 0 Å². The van der Waals surface area contributed by atoms with E-state index in [1.54, 1.807) is 64.3 Å². The summed E-state index contributed by atoms with van der Waals surface area (Å²) in [5.41, 5.74) is 1.72. The number of fused-ring (bicyclic) bond motifs is 1. The van der Waals surface area contributed by atoms with Crippen molar-refractivity contribution in [3.63, 3.8) is 0 Å². The van der Waals surface area contributed by atoms with Gasteiger partial charge < -0.3 is 20.1 Å². The van der Waals surface area contributed by atoms with Gasteiger partial charge in [0, 0.05) is 12.1 Å². The van der Waals surface area contributed by atoms with E-state index >= 15 is 0 Å². The van der Waals surface area contributed by atoms with Crippen LogP contribution in [-0.2, 0) is 39.1 Å². The number of ether oxygens (including phenoxy) is 2. The van der Waals surface area contributed by atoms with Gasteiger partial charge in [-0.25, -0.2) is 17.5 Å². The average molecular weight is 566 g/mol. The molecule has 0 saturated carbocycles. The molecule has 1 aliphatic rings. The number of methoxy groups -OCH3 is 1. The van der Waals surface area contributed by atoms with E-state index in [0.717, 1.165) is 9.87 Å². The first-order valence-corrected chi connectivity index (χ1v) is 14.0. The molecule has 11 heteroatoms. The first kappa shape index (κ1) is 28.6. The van der Waals surface area contributed by atoms with Crippen molar-refractivity contribution in [3.05, 3.63) is 89.0 Å². The predicted molar refractivity (Wildman–Crippen MR) is 148 cm³/mol. The standard InChI is InChI=1S/C29H31N3O7S/c1-29(2,3)39-26(33)15-19-5-7-21(8-6-19)18-32-28(35)31-24-14-11-22(16-25(24)40(32,36)37)27(34)30-17-20-9-12-23(38-4)13-10-20/h5-14,16H,15,17-18H2,1-4H3,(H,30,34)(H,31,35). The normalized spacial score (nSPS) is 14.1. The summed E-state index contributed by atoms with van der Waals surface area (Å²) in [5.74, 6) is -0.144. The number of esters is 1. The van der Waals surface area contributed by atoms with Crippen molar-refractivity contribution in [3.8, 4) is 5.75 Å². The molecule has 0 unspecified atom stereocenters.